The summed E-state index contributed by atoms with van der Waals surface area (Å²) in [6, 6.07) is 0. The molecule has 0 aliphatic rings. The van der Waals surface area contributed by atoms with Gasteiger partial charge in [0.05, 0.1) is 0 Å². The van der Waals surface area contributed by atoms with Crippen LogP contribution in [0.3, 0.4) is 0 Å². The molecule has 4 heavy (non-hydrogen) atoms. The third kappa shape index (κ3) is 8.83. The zero-order valence-electron chi connectivity index (χ0n) is 2.23. The minimum atomic E-state index is 0. The first-order valence-electron chi connectivity index (χ1n) is 0.167. The Hall–Kier alpha value is 2.74. The second-order valence-corrected chi connectivity index (χ2v) is 0. The van der Waals surface area contributed by atoms with Crippen molar-refractivity contribution in [1.82, 2.24) is 0 Å². The van der Waals surface area contributed by atoms with Gasteiger partial charge >= 0.3 is 23.2 Å². The zero-order valence-corrected chi connectivity index (χ0v) is 9.13. The second-order valence-electron chi connectivity index (χ2n) is 0. The second kappa shape index (κ2) is 17.2. The van der Waals surface area contributed by atoms with E-state index in [-0.39, 0.29) is 68.5 Å². The Morgan fingerprint density at radius 3 is 1.25 bits per heavy atom. The summed E-state index contributed by atoms with van der Waals surface area (Å²) in [5, 5.41) is 0. The summed E-state index contributed by atoms with van der Waals surface area (Å²) in [7, 11) is 0. The van der Waals surface area contributed by atoms with Gasteiger partial charge in [0, 0.05) is 68.5 Å². The third-order valence-corrected chi connectivity index (χ3v) is 0. The van der Waals surface area contributed by atoms with Crippen molar-refractivity contribution in [2.24, 2.45) is 0 Å². The fourth-order valence-corrected chi connectivity index (χ4v) is 0. The van der Waals surface area contributed by atoms with E-state index in [2.05, 4.69) is 0 Å². The monoisotopic (exact) mass is 226 g/mol. The molecule has 1 nitrogen and oxygen atoms in total. The van der Waals surface area contributed by atoms with Crippen LogP contribution in [0.5, 0.6) is 0 Å². The SMILES string of the molecule is [Mg].[O]=[Mo].[Sr]. The van der Waals surface area contributed by atoms with E-state index in [0.717, 1.165) is 0 Å². The molecule has 0 aromatic rings. The topological polar surface area (TPSA) is 17.1 Å². The van der Waals surface area contributed by atoms with E-state index < -0.39 is 0 Å². The first-order chi connectivity index (χ1) is 1.00. The van der Waals surface area contributed by atoms with Crippen molar-refractivity contribution in [3.05, 3.63) is 0 Å². The zero-order chi connectivity index (χ0) is 2.00. The van der Waals surface area contributed by atoms with Gasteiger partial charge in [0.2, 0.25) is 0 Å². The molecule has 0 unspecified atom stereocenters. The Bertz CT molecular complexity index is 8.00. The van der Waals surface area contributed by atoms with Crippen molar-refractivity contribution in [3.63, 3.8) is 0 Å². The molecule has 0 saturated carbocycles. The van der Waals surface area contributed by atoms with Gasteiger partial charge in [-0.1, -0.05) is 0 Å². The maximum absolute atomic E-state index is 8.26. The first-order valence-corrected chi connectivity index (χ1v) is 0.986. The van der Waals surface area contributed by atoms with Crippen molar-refractivity contribution in [3.8, 4) is 0 Å². The molecule has 0 N–H and O–H groups in total. The molecule has 0 heterocycles. The van der Waals surface area contributed by atoms with Crippen molar-refractivity contribution in [1.29, 1.82) is 0 Å². The van der Waals surface area contributed by atoms with Crippen LogP contribution in [0.25, 0.3) is 0 Å². The van der Waals surface area contributed by atoms with Crippen LogP contribution in [-0.2, 0) is 23.2 Å². The molecule has 0 fully saturated rings. The van der Waals surface area contributed by atoms with E-state index in [1.165, 1.54) is 0 Å². The number of rotatable bonds is 0. The molecule has 0 aliphatic carbocycles. The predicted molar refractivity (Wildman–Crippen MR) is 12.2 cm³/mol. The quantitative estimate of drug-likeness (QED) is 0.488. The van der Waals surface area contributed by atoms with Crippen molar-refractivity contribution >= 4 is 68.5 Å². The Kier molecular flexibility index (Phi) is 68.2. The van der Waals surface area contributed by atoms with Crippen molar-refractivity contribution < 1.29 is 23.2 Å². The molecule has 0 saturated heterocycles. The minimum absolute atomic E-state index is 0. The normalized spacial score (nSPS) is 1.00. The largest absolute Gasteiger partial charge is 0 e. The fourth-order valence-electron chi connectivity index (χ4n) is 0. The molecule has 4 radical (unpaired) electrons. The molecule has 0 aliphatic heterocycles. The van der Waals surface area contributed by atoms with Gasteiger partial charge in [-0.3, -0.25) is 0 Å². The van der Waals surface area contributed by atoms with Gasteiger partial charge in [-0.15, -0.1) is 0 Å². The predicted octanol–water partition coefficient (Wildman–Crippen LogP) is -0.883. The van der Waals surface area contributed by atoms with Gasteiger partial charge in [-0.2, -0.15) is 0 Å². The first kappa shape index (κ1) is 15.9. The summed E-state index contributed by atoms with van der Waals surface area (Å²) in [5.41, 5.74) is 0. The molecule has 0 amide bonds. The van der Waals surface area contributed by atoms with Crippen LogP contribution in [0, 0.1) is 0 Å². The summed E-state index contributed by atoms with van der Waals surface area (Å²) < 4.78 is 8.26. The Morgan fingerprint density at radius 2 is 1.25 bits per heavy atom. The average molecular weight is 224 g/mol. The molecule has 16 valence electrons. The Labute approximate surface area is 89.5 Å². The molecule has 0 aromatic heterocycles. The van der Waals surface area contributed by atoms with Crippen LogP contribution in [0.15, 0.2) is 0 Å². The van der Waals surface area contributed by atoms with Crippen molar-refractivity contribution in [2.45, 2.75) is 0 Å². The standard InChI is InChI=1S/Mg.Mo.O.Sr. The Balaban J connectivity index is -0.00000000500. The van der Waals surface area contributed by atoms with E-state index in [1.807, 2.05) is 0 Å². The maximum atomic E-state index is 8.26. The fraction of sp³-hybridized carbons (Fsp3) is 0. The molecule has 4 heteroatoms. The molecular formula is MgMoOSr. The minimum Gasteiger partial charge on any atom is 0 e. The summed E-state index contributed by atoms with van der Waals surface area (Å²) in [4.78, 5) is 0. The van der Waals surface area contributed by atoms with Gasteiger partial charge in [-0.25, -0.2) is 0 Å². The molecule has 0 bridgehead atoms. The van der Waals surface area contributed by atoms with E-state index in [0.29, 0.717) is 19.8 Å². The number of hydrogen-bond donors (Lipinski definition) is 0. The maximum Gasteiger partial charge on any atom is 0 e. The van der Waals surface area contributed by atoms with Gasteiger partial charge < -0.3 is 0 Å². The molecule has 0 rings (SSSR count). The molecular weight excluding hydrogens is 224 g/mol. The van der Waals surface area contributed by atoms with E-state index >= 15 is 0 Å². The van der Waals surface area contributed by atoms with Gasteiger partial charge in [0.15, 0.2) is 0 Å². The van der Waals surface area contributed by atoms with Crippen LogP contribution in [0.2, 0.25) is 0 Å². The van der Waals surface area contributed by atoms with E-state index in [4.69, 9.17) is 3.40 Å². The molecule has 0 atom stereocenters. The van der Waals surface area contributed by atoms with Gasteiger partial charge in [0.25, 0.3) is 0 Å². The number of hydrogen-bond acceptors (Lipinski definition) is 1. The van der Waals surface area contributed by atoms with Crippen molar-refractivity contribution in [2.75, 3.05) is 0 Å². The van der Waals surface area contributed by atoms with Crippen LogP contribution in [-0.4, -0.2) is 68.5 Å². The van der Waals surface area contributed by atoms with Crippen LogP contribution in [0.1, 0.15) is 0 Å². The van der Waals surface area contributed by atoms with Gasteiger partial charge in [0.1, 0.15) is 0 Å². The van der Waals surface area contributed by atoms with E-state index in [1.54, 1.807) is 0 Å². The smallest absolute Gasteiger partial charge is 0 e. The summed E-state index contributed by atoms with van der Waals surface area (Å²) >= 11 is 0.700. The average Bonchev–Trinajstić information content (AvgIpc) is 1.00. The molecule has 0 aromatic carbocycles. The van der Waals surface area contributed by atoms with Gasteiger partial charge in [-0.05, 0) is 0 Å². The van der Waals surface area contributed by atoms with Crippen LogP contribution < -0.4 is 0 Å². The Morgan fingerprint density at radius 1 is 1.25 bits per heavy atom. The summed E-state index contributed by atoms with van der Waals surface area (Å²) in [6.45, 7) is 0. The van der Waals surface area contributed by atoms with Crippen LogP contribution >= 0.6 is 0 Å². The third-order valence-electron chi connectivity index (χ3n) is 0. The summed E-state index contributed by atoms with van der Waals surface area (Å²) in [6.07, 6.45) is 0. The summed E-state index contributed by atoms with van der Waals surface area (Å²) in [5.74, 6) is 0. The molecule has 0 spiro atoms. The van der Waals surface area contributed by atoms with E-state index in [9.17, 15) is 0 Å². The van der Waals surface area contributed by atoms with Crippen LogP contribution in [0.4, 0.5) is 0 Å².